The average Bonchev–Trinajstić information content (AvgIpc) is 2.39. The van der Waals surface area contributed by atoms with Crippen molar-refractivity contribution in [3.05, 3.63) is 57.7 Å². The number of aromatic nitrogens is 2. The Morgan fingerprint density at radius 2 is 1.82 bits per heavy atom. The first kappa shape index (κ1) is 12.4. The summed E-state index contributed by atoms with van der Waals surface area (Å²) in [5.74, 6) is 6.27. The van der Waals surface area contributed by atoms with E-state index >= 15 is 0 Å². The van der Waals surface area contributed by atoms with Crippen molar-refractivity contribution < 1.29 is 0 Å². The summed E-state index contributed by atoms with van der Waals surface area (Å²) in [7, 11) is 0. The Morgan fingerprint density at radius 1 is 1.18 bits per heavy atom. The van der Waals surface area contributed by atoms with Gasteiger partial charge < -0.3 is 0 Å². The van der Waals surface area contributed by atoms with E-state index in [-0.39, 0.29) is 6.04 Å². The van der Waals surface area contributed by atoms with E-state index in [0.717, 1.165) is 6.42 Å². The number of hydrazine groups is 1. The van der Waals surface area contributed by atoms with Crippen molar-refractivity contribution in [1.82, 2.24) is 15.4 Å². The van der Waals surface area contributed by atoms with E-state index in [2.05, 4.69) is 62.3 Å². The first-order chi connectivity index (χ1) is 8.29. The maximum absolute atomic E-state index is 5.55. The zero-order valence-electron chi connectivity index (χ0n) is 9.18. The van der Waals surface area contributed by atoms with Crippen molar-refractivity contribution in [2.24, 2.45) is 5.84 Å². The fraction of sp³-hybridized carbons (Fsp3) is 0.167. The van der Waals surface area contributed by atoms with E-state index in [1.165, 1.54) is 9.13 Å². The van der Waals surface area contributed by atoms with Gasteiger partial charge in [0, 0.05) is 16.0 Å². The fourth-order valence-corrected chi connectivity index (χ4v) is 1.93. The number of halogens is 1. The highest BCUT2D eigenvalue weighted by Crippen LogP contribution is 2.15. The van der Waals surface area contributed by atoms with E-state index in [4.69, 9.17) is 5.84 Å². The van der Waals surface area contributed by atoms with E-state index in [1.54, 1.807) is 18.5 Å². The smallest absolute Gasteiger partial charge is 0.146 e. The Hall–Kier alpha value is -1.05. The molecule has 0 saturated heterocycles. The lowest BCUT2D eigenvalue weighted by Crippen LogP contribution is -2.30. The van der Waals surface area contributed by atoms with Crippen molar-refractivity contribution in [3.63, 3.8) is 0 Å². The third-order valence-electron chi connectivity index (χ3n) is 2.45. The van der Waals surface area contributed by atoms with Gasteiger partial charge in [-0.3, -0.25) is 5.84 Å². The Labute approximate surface area is 114 Å². The first-order valence-corrected chi connectivity index (χ1v) is 6.35. The molecule has 0 aliphatic heterocycles. The summed E-state index contributed by atoms with van der Waals surface area (Å²) in [5, 5.41) is 0. The molecule has 1 aromatic carbocycles. The number of benzene rings is 1. The van der Waals surface area contributed by atoms with Gasteiger partial charge in [0.1, 0.15) is 5.82 Å². The van der Waals surface area contributed by atoms with Crippen LogP contribution >= 0.6 is 22.6 Å². The number of nitrogens with zero attached hydrogens (tertiary/aromatic N) is 2. The predicted octanol–water partition coefficient (Wildman–Crippen LogP) is 1.83. The van der Waals surface area contributed by atoms with Crippen molar-refractivity contribution in [2.45, 2.75) is 12.5 Å². The van der Waals surface area contributed by atoms with E-state index < -0.39 is 0 Å². The lowest BCUT2D eigenvalue weighted by atomic mass is 10.1. The van der Waals surface area contributed by atoms with Gasteiger partial charge in [0.2, 0.25) is 0 Å². The molecule has 2 aromatic rings. The maximum atomic E-state index is 5.55. The minimum atomic E-state index is -0.0590. The summed E-state index contributed by atoms with van der Waals surface area (Å²) in [5.41, 5.74) is 3.96. The van der Waals surface area contributed by atoms with Crippen LogP contribution in [0, 0.1) is 3.57 Å². The number of nitrogens with one attached hydrogen (secondary N) is 1. The molecule has 1 aromatic heterocycles. The summed E-state index contributed by atoms with van der Waals surface area (Å²) in [4.78, 5) is 8.42. The molecular weight excluding hydrogens is 327 g/mol. The van der Waals surface area contributed by atoms with Crippen LogP contribution in [-0.4, -0.2) is 9.97 Å². The lowest BCUT2D eigenvalue weighted by Gasteiger charge is -2.14. The molecule has 0 aliphatic rings. The van der Waals surface area contributed by atoms with Gasteiger partial charge in [0.05, 0.1) is 6.04 Å². The molecule has 4 nitrogen and oxygen atoms in total. The van der Waals surface area contributed by atoms with Gasteiger partial charge in [-0.2, -0.15) is 0 Å². The fourth-order valence-electron chi connectivity index (χ4n) is 1.57. The molecule has 1 unspecified atom stereocenters. The zero-order chi connectivity index (χ0) is 12.1. The molecular formula is C12H13IN4. The van der Waals surface area contributed by atoms with Crippen molar-refractivity contribution >= 4 is 22.6 Å². The summed E-state index contributed by atoms with van der Waals surface area (Å²) in [6.45, 7) is 0. The van der Waals surface area contributed by atoms with Crippen LogP contribution in [-0.2, 0) is 6.42 Å². The summed E-state index contributed by atoms with van der Waals surface area (Å²) >= 11 is 2.29. The molecule has 0 bridgehead atoms. The standard InChI is InChI=1S/C12H13IN4/c13-10-4-2-9(3-5-10)8-11(17-14)12-15-6-1-7-16-12/h1-7,11,17H,8,14H2. The topological polar surface area (TPSA) is 63.8 Å². The SMILES string of the molecule is NNC(Cc1ccc(I)cc1)c1ncccn1. The lowest BCUT2D eigenvalue weighted by molar-refractivity contribution is 0.522. The van der Waals surface area contributed by atoms with E-state index in [1.807, 2.05) is 0 Å². The summed E-state index contributed by atoms with van der Waals surface area (Å²) < 4.78 is 1.22. The van der Waals surface area contributed by atoms with Crippen molar-refractivity contribution in [2.75, 3.05) is 0 Å². The minimum absolute atomic E-state index is 0.0590. The first-order valence-electron chi connectivity index (χ1n) is 5.27. The average molecular weight is 340 g/mol. The number of nitrogens with two attached hydrogens (primary N) is 1. The van der Waals surface area contributed by atoms with Gasteiger partial charge in [-0.05, 0) is 52.8 Å². The molecule has 0 radical (unpaired) electrons. The largest absolute Gasteiger partial charge is 0.271 e. The highest BCUT2D eigenvalue weighted by atomic mass is 127. The molecule has 0 amide bonds. The Balaban J connectivity index is 2.13. The molecule has 5 heteroatoms. The Kier molecular flexibility index (Phi) is 4.41. The minimum Gasteiger partial charge on any atom is -0.271 e. The quantitative estimate of drug-likeness (QED) is 0.506. The highest BCUT2D eigenvalue weighted by Gasteiger charge is 2.12. The van der Waals surface area contributed by atoms with Gasteiger partial charge in [-0.15, -0.1) is 0 Å². The summed E-state index contributed by atoms with van der Waals surface area (Å²) in [6, 6.07) is 10.1. The zero-order valence-corrected chi connectivity index (χ0v) is 11.3. The normalized spacial score (nSPS) is 12.4. The third-order valence-corrected chi connectivity index (χ3v) is 3.17. The van der Waals surface area contributed by atoms with Crippen LogP contribution in [0.3, 0.4) is 0 Å². The molecule has 3 N–H and O–H groups in total. The van der Waals surface area contributed by atoms with Crippen LogP contribution < -0.4 is 11.3 Å². The Bertz CT molecular complexity index is 458. The van der Waals surface area contributed by atoms with Gasteiger partial charge in [-0.1, -0.05) is 12.1 Å². The van der Waals surface area contributed by atoms with Crippen LogP contribution in [0.5, 0.6) is 0 Å². The number of rotatable bonds is 4. The second-order valence-corrected chi connectivity index (χ2v) is 4.90. The van der Waals surface area contributed by atoms with Crippen LogP contribution in [0.1, 0.15) is 17.4 Å². The van der Waals surface area contributed by atoms with Gasteiger partial charge >= 0.3 is 0 Å². The second kappa shape index (κ2) is 6.04. The van der Waals surface area contributed by atoms with Crippen LogP contribution in [0.2, 0.25) is 0 Å². The third kappa shape index (κ3) is 3.45. The van der Waals surface area contributed by atoms with Crippen molar-refractivity contribution in [1.29, 1.82) is 0 Å². The molecule has 0 saturated carbocycles. The molecule has 1 heterocycles. The van der Waals surface area contributed by atoms with Gasteiger partial charge in [0.15, 0.2) is 0 Å². The predicted molar refractivity (Wildman–Crippen MR) is 75.0 cm³/mol. The molecule has 88 valence electrons. The maximum Gasteiger partial charge on any atom is 0.146 e. The van der Waals surface area contributed by atoms with Gasteiger partial charge in [0.25, 0.3) is 0 Å². The van der Waals surface area contributed by atoms with Crippen LogP contribution in [0.4, 0.5) is 0 Å². The molecule has 17 heavy (non-hydrogen) atoms. The summed E-state index contributed by atoms with van der Waals surface area (Å²) in [6.07, 6.45) is 4.22. The Morgan fingerprint density at radius 3 is 2.41 bits per heavy atom. The van der Waals surface area contributed by atoms with E-state index in [9.17, 15) is 0 Å². The van der Waals surface area contributed by atoms with Crippen LogP contribution in [0.15, 0.2) is 42.7 Å². The molecule has 0 aliphatic carbocycles. The van der Waals surface area contributed by atoms with Gasteiger partial charge in [-0.25, -0.2) is 15.4 Å². The molecule has 0 spiro atoms. The highest BCUT2D eigenvalue weighted by molar-refractivity contribution is 14.1. The molecule has 0 fully saturated rings. The van der Waals surface area contributed by atoms with Crippen LogP contribution in [0.25, 0.3) is 0 Å². The second-order valence-electron chi connectivity index (χ2n) is 3.66. The molecule has 2 rings (SSSR count). The number of hydrogen-bond acceptors (Lipinski definition) is 4. The number of hydrogen-bond donors (Lipinski definition) is 2. The molecule has 1 atom stereocenters. The monoisotopic (exact) mass is 340 g/mol. The van der Waals surface area contributed by atoms with Crippen molar-refractivity contribution in [3.8, 4) is 0 Å². The van der Waals surface area contributed by atoms with E-state index in [0.29, 0.717) is 5.82 Å².